The van der Waals surface area contributed by atoms with Gasteiger partial charge in [-0.2, -0.15) is 0 Å². The van der Waals surface area contributed by atoms with Gasteiger partial charge in [0.2, 0.25) is 0 Å². The minimum absolute atomic E-state index is 0.179. The van der Waals surface area contributed by atoms with Crippen LogP contribution in [0.5, 0.6) is 0 Å². The first-order chi connectivity index (χ1) is 14.3. The molecule has 2 heterocycles. The summed E-state index contributed by atoms with van der Waals surface area (Å²) < 4.78 is 0. The maximum absolute atomic E-state index is 12.4. The van der Waals surface area contributed by atoms with Gasteiger partial charge in [0.25, 0.3) is 5.91 Å². The van der Waals surface area contributed by atoms with E-state index < -0.39 is 0 Å². The summed E-state index contributed by atoms with van der Waals surface area (Å²) in [6, 6.07) is 5.67. The smallest absolute Gasteiger partial charge is 0.251 e. The zero-order valence-corrected chi connectivity index (χ0v) is 19.6. The quantitative estimate of drug-likeness (QED) is 0.340. The highest BCUT2D eigenvalue weighted by molar-refractivity contribution is 7.28. The molecular formula is C22H33ClN5OP. The van der Waals surface area contributed by atoms with Gasteiger partial charge in [0, 0.05) is 42.0 Å². The van der Waals surface area contributed by atoms with Crippen LogP contribution in [-0.4, -0.2) is 66.9 Å². The third-order valence-electron chi connectivity index (χ3n) is 6.08. The van der Waals surface area contributed by atoms with Crippen LogP contribution in [0.25, 0.3) is 0 Å². The van der Waals surface area contributed by atoms with Crippen molar-refractivity contribution in [2.45, 2.75) is 32.2 Å². The van der Waals surface area contributed by atoms with Crippen LogP contribution in [0.3, 0.4) is 0 Å². The summed E-state index contributed by atoms with van der Waals surface area (Å²) >= 11 is 6.01. The first kappa shape index (κ1) is 23.1. The predicted molar refractivity (Wildman–Crippen MR) is 128 cm³/mol. The average Bonchev–Trinajstić information content (AvgIpc) is 3.23. The molecule has 0 aromatic heterocycles. The van der Waals surface area contributed by atoms with Crippen molar-refractivity contribution < 1.29 is 4.79 Å². The first-order valence-electron chi connectivity index (χ1n) is 10.6. The number of carbonyl (C=O) groups excluding carboxylic acids is 1. The zero-order valence-electron chi connectivity index (χ0n) is 17.7. The lowest BCUT2D eigenvalue weighted by Crippen LogP contribution is -2.45. The van der Waals surface area contributed by atoms with Crippen LogP contribution >= 0.6 is 20.8 Å². The summed E-state index contributed by atoms with van der Waals surface area (Å²) in [7, 11) is 2.53. The zero-order chi connectivity index (χ0) is 21.7. The van der Waals surface area contributed by atoms with Crippen LogP contribution in [0.15, 0.2) is 30.5 Å². The van der Waals surface area contributed by atoms with Crippen molar-refractivity contribution in [3.63, 3.8) is 0 Å². The molecule has 1 aromatic carbocycles. The number of amidine groups is 1. The molecule has 1 amide bonds. The number of benzene rings is 1. The number of carbonyl (C=O) groups is 1. The molecule has 0 radical (unpaired) electrons. The second-order valence-electron chi connectivity index (χ2n) is 8.39. The van der Waals surface area contributed by atoms with E-state index in [0.29, 0.717) is 22.5 Å². The van der Waals surface area contributed by atoms with Crippen LogP contribution in [0, 0.1) is 11.3 Å². The van der Waals surface area contributed by atoms with Gasteiger partial charge in [-0.3, -0.25) is 15.1 Å². The van der Waals surface area contributed by atoms with Crippen molar-refractivity contribution >= 4 is 37.9 Å². The van der Waals surface area contributed by atoms with E-state index >= 15 is 0 Å². The number of piperidine rings is 1. The molecule has 0 spiro atoms. The van der Waals surface area contributed by atoms with Gasteiger partial charge < -0.3 is 15.5 Å². The molecule has 2 aliphatic rings. The molecule has 1 aromatic rings. The first-order valence-corrected chi connectivity index (χ1v) is 11.6. The fraction of sp³-hybridized carbons (Fsp3) is 0.545. The molecule has 0 aliphatic carbocycles. The highest BCUT2D eigenvalue weighted by Crippen LogP contribution is 2.23. The Hall–Kier alpha value is -1.62. The van der Waals surface area contributed by atoms with Crippen molar-refractivity contribution in [2.75, 3.05) is 39.3 Å². The standard InChI is InChI=1S/C22H33ClN5OP/c1-15(2)25-12-16-5-8-27(9-6-16)18-7-10-28(14-18)21(24)13-26-22(29)17-3-4-19(23)20(30)11-17/h3-4,11,16,18,24-25H,1,5-10,12-14,30H2,2H3,(H,26,29). The number of nitrogens with one attached hydrogen (secondary N) is 3. The summed E-state index contributed by atoms with van der Waals surface area (Å²) in [5.41, 5.74) is 1.60. The Bertz CT molecular complexity index is 794. The average molecular weight is 450 g/mol. The molecule has 164 valence electrons. The Balaban J connectivity index is 1.40. The minimum Gasteiger partial charge on any atom is -0.389 e. The van der Waals surface area contributed by atoms with Crippen molar-refractivity contribution in [3.05, 3.63) is 41.1 Å². The number of nitrogens with zero attached hydrogens (tertiary/aromatic N) is 2. The number of likely N-dealkylation sites (tertiary alicyclic amines) is 2. The van der Waals surface area contributed by atoms with Gasteiger partial charge in [-0.25, -0.2) is 0 Å². The Morgan fingerprint density at radius 2 is 2.00 bits per heavy atom. The number of hydrogen-bond acceptors (Lipinski definition) is 4. The van der Waals surface area contributed by atoms with Crippen molar-refractivity contribution in [3.8, 4) is 0 Å². The molecule has 2 fully saturated rings. The summed E-state index contributed by atoms with van der Waals surface area (Å²) in [5.74, 6) is 1.02. The normalized spacial score (nSPS) is 20.2. The molecule has 2 saturated heterocycles. The molecule has 3 N–H and O–H groups in total. The summed E-state index contributed by atoms with van der Waals surface area (Å²) in [6.07, 6.45) is 3.50. The predicted octanol–water partition coefficient (Wildman–Crippen LogP) is 2.46. The molecule has 30 heavy (non-hydrogen) atoms. The van der Waals surface area contributed by atoms with E-state index in [1.807, 2.05) is 6.92 Å². The van der Waals surface area contributed by atoms with Gasteiger partial charge in [0.05, 0.1) is 6.54 Å². The van der Waals surface area contributed by atoms with E-state index in [0.717, 1.165) is 56.1 Å². The van der Waals surface area contributed by atoms with Gasteiger partial charge in [-0.15, -0.1) is 9.24 Å². The van der Waals surface area contributed by atoms with E-state index in [1.165, 1.54) is 12.8 Å². The van der Waals surface area contributed by atoms with E-state index in [9.17, 15) is 4.79 Å². The largest absolute Gasteiger partial charge is 0.389 e. The van der Waals surface area contributed by atoms with Crippen LogP contribution in [0.1, 0.15) is 36.5 Å². The van der Waals surface area contributed by atoms with Gasteiger partial charge in [-0.05, 0) is 68.7 Å². The molecule has 0 bridgehead atoms. The number of amides is 1. The maximum atomic E-state index is 12.4. The van der Waals surface area contributed by atoms with Crippen molar-refractivity contribution in [1.82, 2.24) is 20.4 Å². The van der Waals surface area contributed by atoms with E-state index in [2.05, 4.69) is 36.3 Å². The van der Waals surface area contributed by atoms with Gasteiger partial charge in [-0.1, -0.05) is 18.2 Å². The lowest BCUT2D eigenvalue weighted by atomic mass is 9.95. The van der Waals surface area contributed by atoms with E-state index in [1.54, 1.807) is 18.2 Å². The van der Waals surface area contributed by atoms with Crippen LogP contribution in [0.2, 0.25) is 5.02 Å². The number of hydrogen-bond donors (Lipinski definition) is 3. The second kappa shape index (κ2) is 10.6. The number of rotatable bonds is 7. The number of halogens is 1. The topological polar surface area (TPSA) is 71.5 Å². The molecule has 8 heteroatoms. The fourth-order valence-electron chi connectivity index (χ4n) is 4.19. The monoisotopic (exact) mass is 449 g/mol. The Labute approximate surface area is 187 Å². The van der Waals surface area contributed by atoms with Crippen LogP contribution in [-0.2, 0) is 0 Å². The number of allylic oxidation sites excluding steroid dienone is 1. The molecule has 2 atom stereocenters. The maximum Gasteiger partial charge on any atom is 0.251 e. The molecule has 0 saturated carbocycles. The van der Waals surface area contributed by atoms with Crippen molar-refractivity contribution in [1.29, 1.82) is 5.41 Å². The van der Waals surface area contributed by atoms with Gasteiger partial charge in [0.15, 0.2) is 0 Å². The van der Waals surface area contributed by atoms with Crippen LogP contribution < -0.4 is 15.9 Å². The molecule has 3 rings (SSSR count). The fourth-order valence-corrected chi connectivity index (χ4v) is 4.58. The summed E-state index contributed by atoms with van der Waals surface area (Å²) in [6.45, 7) is 11.2. The highest BCUT2D eigenvalue weighted by Gasteiger charge is 2.31. The minimum atomic E-state index is -0.179. The lowest BCUT2D eigenvalue weighted by Gasteiger charge is -2.36. The van der Waals surface area contributed by atoms with Crippen molar-refractivity contribution in [2.24, 2.45) is 5.92 Å². The van der Waals surface area contributed by atoms with E-state index in [-0.39, 0.29) is 12.5 Å². The molecule has 2 unspecified atom stereocenters. The second-order valence-corrected chi connectivity index (χ2v) is 9.42. The summed E-state index contributed by atoms with van der Waals surface area (Å²) in [5, 5.41) is 16.0. The Morgan fingerprint density at radius 1 is 1.27 bits per heavy atom. The van der Waals surface area contributed by atoms with Crippen LogP contribution in [0.4, 0.5) is 0 Å². The highest BCUT2D eigenvalue weighted by atomic mass is 35.5. The van der Waals surface area contributed by atoms with Gasteiger partial charge in [0.1, 0.15) is 5.84 Å². The third-order valence-corrected chi connectivity index (χ3v) is 7.08. The molecule has 2 aliphatic heterocycles. The lowest BCUT2D eigenvalue weighted by molar-refractivity contribution is 0.0958. The van der Waals surface area contributed by atoms with Gasteiger partial charge >= 0.3 is 0 Å². The molecule has 6 nitrogen and oxygen atoms in total. The molecular weight excluding hydrogens is 417 g/mol. The Morgan fingerprint density at radius 3 is 2.67 bits per heavy atom. The third kappa shape index (κ3) is 6.19. The van der Waals surface area contributed by atoms with E-state index in [4.69, 9.17) is 17.0 Å². The SMILES string of the molecule is C=C(C)NCC1CCN(C2CCN(C(=N)CNC(=O)c3ccc(Cl)c(P)c3)C2)CC1. The Kier molecular flexibility index (Phi) is 8.15. The summed E-state index contributed by atoms with van der Waals surface area (Å²) in [4.78, 5) is 17.0.